The minimum Gasteiger partial charge on any atom is -0.377 e. The molecule has 26 heavy (non-hydrogen) atoms. The predicted octanol–water partition coefficient (Wildman–Crippen LogP) is 3.66. The fraction of sp³-hybridized carbons (Fsp3) is 0.158. The molecule has 3 aromatic rings. The zero-order valence-electron chi connectivity index (χ0n) is 14.3. The second kappa shape index (κ2) is 7.01. The van der Waals surface area contributed by atoms with Gasteiger partial charge in [0.25, 0.3) is 0 Å². The van der Waals surface area contributed by atoms with Crippen molar-refractivity contribution in [2.75, 3.05) is 19.0 Å². The molecule has 3 aromatic carbocycles. The molecule has 0 saturated carbocycles. The Bertz CT molecular complexity index is 1070. The van der Waals surface area contributed by atoms with E-state index in [-0.39, 0.29) is 17.0 Å². The van der Waals surface area contributed by atoms with Crippen LogP contribution in [0.2, 0.25) is 0 Å². The minimum atomic E-state index is -3.91. The highest BCUT2D eigenvalue weighted by Crippen LogP contribution is 2.30. The Kier molecular flexibility index (Phi) is 4.93. The van der Waals surface area contributed by atoms with Gasteiger partial charge in [-0.05, 0) is 30.3 Å². The molecule has 136 valence electrons. The Labute approximate surface area is 151 Å². The molecule has 7 heteroatoms. The molecule has 0 aromatic heterocycles. The van der Waals surface area contributed by atoms with E-state index in [9.17, 15) is 17.2 Å². The van der Waals surface area contributed by atoms with Gasteiger partial charge in [-0.25, -0.2) is 21.9 Å². The zero-order chi connectivity index (χ0) is 18.9. The van der Waals surface area contributed by atoms with Crippen LogP contribution >= 0.6 is 0 Å². The predicted molar refractivity (Wildman–Crippen MR) is 98.7 cm³/mol. The van der Waals surface area contributed by atoms with Crippen LogP contribution in [0.1, 0.15) is 5.56 Å². The maximum Gasteiger partial charge on any atom is 0.241 e. The van der Waals surface area contributed by atoms with Crippen LogP contribution in [-0.2, 0) is 16.6 Å². The normalized spacial score (nSPS) is 11.7. The van der Waals surface area contributed by atoms with Gasteiger partial charge >= 0.3 is 0 Å². The highest BCUT2D eigenvalue weighted by Gasteiger charge is 2.19. The van der Waals surface area contributed by atoms with E-state index in [2.05, 4.69) is 4.72 Å². The van der Waals surface area contributed by atoms with E-state index >= 15 is 0 Å². The summed E-state index contributed by atoms with van der Waals surface area (Å²) in [4.78, 5) is 1.99. The number of rotatable bonds is 5. The number of anilines is 1. The third-order valence-electron chi connectivity index (χ3n) is 4.09. The van der Waals surface area contributed by atoms with Gasteiger partial charge in [-0.1, -0.05) is 24.3 Å². The van der Waals surface area contributed by atoms with Crippen LogP contribution < -0.4 is 9.62 Å². The molecular formula is C19H18F2N2O2S. The van der Waals surface area contributed by atoms with Crippen LogP contribution in [0.5, 0.6) is 0 Å². The number of sulfonamides is 1. The maximum atomic E-state index is 13.7. The van der Waals surface area contributed by atoms with Crippen molar-refractivity contribution >= 4 is 26.5 Å². The Hall–Kier alpha value is -2.51. The van der Waals surface area contributed by atoms with Crippen molar-refractivity contribution in [3.8, 4) is 0 Å². The molecule has 0 amide bonds. The van der Waals surface area contributed by atoms with Gasteiger partial charge in [0, 0.05) is 42.7 Å². The third-order valence-corrected chi connectivity index (χ3v) is 5.55. The molecule has 0 aliphatic carbocycles. The molecule has 3 rings (SSSR count). The smallest absolute Gasteiger partial charge is 0.241 e. The first-order valence-electron chi connectivity index (χ1n) is 7.92. The number of nitrogens with one attached hydrogen (secondary N) is 1. The highest BCUT2D eigenvalue weighted by molar-refractivity contribution is 7.89. The van der Waals surface area contributed by atoms with Crippen LogP contribution in [0.4, 0.5) is 14.5 Å². The van der Waals surface area contributed by atoms with Gasteiger partial charge in [0.1, 0.15) is 11.6 Å². The van der Waals surface area contributed by atoms with Gasteiger partial charge < -0.3 is 4.90 Å². The van der Waals surface area contributed by atoms with E-state index in [1.807, 2.05) is 31.1 Å². The molecule has 0 heterocycles. The van der Waals surface area contributed by atoms with Crippen molar-refractivity contribution in [2.24, 2.45) is 0 Å². The summed E-state index contributed by atoms with van der Waals surface area (Å²) in [5, 5.41) is 1.35. The fourth-order valence-electron chi connectivity index (χ4n) is 2.82. The van der Waals surface area contributed by atoms with Gasteiger partial charge in [0.2, 0.25) is 10.0 Å². The quantitative estimate of drug-likeness (QED) is 0.739. The summed E-state index contributed by atoms with van der Waals surface area (Å²) in [7, 11) is -0.163. The number of nitrogens with zero attached hydrogens (tertiary/aromatic N) is 1. The van der Waals surface area contributed by atoms with E-state index in [0.717, 1.165) is 29.3 Å². The number of halogens is 2. The first-order chi connectivity index (χ1) is 12.3. The fourth-order valence-corrected chi connectivity index (χ4v) is 4.04. The van der Waals surface area contributed by atoms with Crippen LogP contribution in [0, 0.1) is 11.6 Å². The van der Waals surface area contributed by atoms with E-state index in [1.165, 1.54) is 6.07 Å². The average molecular weight is 376 g/mol. The maximum absolute atomic E-state index is 13.7. The number of hydrogen-bond acceptors (Lipinski definition) is 3. The summed E-state index contributed by atoms with van der Waals surface area (Å²) in [5.41, 5.74) is 0.832. The SMILES string of the molecule is CN(C)c1cccc2c(S(=O)(=O)NCc3cc(F)ccc3F)cccc12. The van der Waals surface area contributed by atoms with E-state index in [0.29, 0.717) is 5.39 Å². The first-order valence-corrected chi connectivity index (χ1v) is 9.40. The Balaban J connectivity index is 2.00. The van der Waals surface area contributed by atoms with Crippen molar-refractivity contribution in [3.63, 3.8) is 0 Å². The Morgan fingerprint density at radius 1 is 0.962 bits per heavy atom. The summed E-state index contributed by atoms with van der Waals surface area (Å²) in [6, 6.07) is 13.3. The minimum absolute atomic E-state index is 0.0530. The van der Waals surface area contributed by atoms with Crippen molar-refractivity contribution in [3.05, 3.63) is 71.8 Å². The molecule has 0 fully saturated rings. The Morgan fingerprint density at radius 2 is 1.65 bits per heavy atom. The van der Waals surface area contributed by atoms with Crippen molar-refractivity contribution in [2.45, 2.75) is 11.4 Å². The summed E-state index contributed by atoms with van der Waals surface area (Å²) >= 11 is 0. The number of fused-ring (bicyclic) bond motifs is 1. The second-order valence-electron chi connectivity index (χ2n) is 6.08. The van der Waals surface area contributed by atoms with Gasteiger partial charge in [0.05, 0.1) is 4.90 Å². The molecule has 0 aliphatic heterocycles. The number of hydrogen-bond donors (Lipinski definition) is 1. The topological polar surface area (TPSA) is 49.4 Å². The highest BCUT2D eigenvalue weighted by atomic mass is 32.2. The van der Waals surface area contributed by atoms with Gasteiger partial charge in [-0.15, -0.1) is 0 Å². The van der Waals surface area contributed by atoms with Crippen molar-refractivity contribution in [1.29, 1.82) is 0 Å². The summed E-state index contributed by atoms with van der Waals surface area (Å²) < 4.78 is 54.9. The average Bonchev–Trinajstić information content (AvgIpc) is 2.61. The summed E-state index contributed by atoms with van der Waals surface area (Å²) in [6.45, 7) is -0.338. The molecule has 0 spiro atoms. The lowest BCUT2D eigenvalue weighted by Crippen LogP contribution is -2.24. The van der Waals surface area contributed by atoms with Crippen molar-refractivity contribution in [1.82, 2.24) is 4.72 Å². The molecule has 0 radical (unpaired) electrons. The molecule has 0 bridgehead atoms. The molecule has 1 N–H and O–H groups in total. The van der Waals surface area contributed by atoms with E-state index < -0.39 is 21.7 Å². The molecular weight excluding hydrogens is 358 g/mol. The van der Waals surface area contributed by atoms with Crippen LogP contribution in [-0.4, -0.2) is 22.5 Å². The van der Waals surface area contributed by atoms with Crippen LogP contribution in [0.15, 0.2) is 59.5 Å². The standard InChI is InChI=1S/C19H18F2N2O2S/c1-23(2)18-7-3-6-16-15(18)5-4-8-19(16)26(24,25)22-12-13-11-14(20)9-10-17(13)21/h3-11,22H,12H2,1-2H3. The second-order valence-corrected chi connectivity index (χ2v) is 7.82. The first kappa shape index (κ1) is 18.3. The van der Waals surface area contributed by atoms with Crippen molar-refractivity contribution < 1.29 is 17.2 Å². The lowest BCUT2D eigenvalue weighted by atomic mass is 10.1. The van der Waals surface area contributed by atoms with E-state index in [1.54, 1.807) is 18.2 Å². The summed E-state index contributed by atoms with van der Waals surface area (Å²) in [5.74, 6) is -1.29. The van der Waals surface area contributed by atoms with Gasteiger partial charge in [0.15, 0.2) is 0 Å². The van der Waals surface area contributed by atoms with E-state index in [4.69, 9.17) is 0 Å². The molecule has 0 unspecified atom stereocenters. The Morgan fingerprint density at radius 3 is 2.38 bits per heavy atom. The zero-order valence-corrected chi connectivity index (χ0v) is 15.1. The largest absolute Gasteiger partial charge is 0.377 e. The lowest BCUT2D eigenvalue weighted by molar-refractivity contribution is 0.567. The van der Waals surface area contributed by atoms with Crippen LogP contribution in [0.3, 0.4) is 0 Å². The lowest BCUT2D eigenvalue weighted by Gasteiger charge is -2.17. The molecule has 4 nitrogen and oxygen atoms in total. The monoisotopic (exact) mass is 376 g/mol. The van der Waals surface area contributed by atoms with Gasteiger partial charge in [-0.2, -0.15) is 0 Å². The van der Waals surface area contributed by atoms with Gasteiger partial charge in [-0.3, -0.25) is 0 Å². The molecule has 0 atom stereocenters. The van der Waals surface area contributed by atoms with Crippen LogP contribution in [0.25, 0.3) is 10.8 Å². The number of benzene rings is 3. The summed E-state index contributed by atoms with van der Waals surface area (Å²) in [6.07, 6.45) is 0. The molecule has 0 aliphatic rings. The molecule has 0 saturated heterocycles. The third kappa shape index (κ3) is 3.54.